The smallest absolute Gasteiger partial charge is 0.475 e. The van der Waals surface area contributed by atoms with E-state index in [0.29, 0.717) is 13.1 Å². The average molecular weight is 516 g/mol. The van der Waals surface area contributed by atoms with Gasteiger partial charge in [-0.15, -0.1) is 0 Å². The summed E-state index contributed by atoms with van der Waals surface area (Å²) in [7, 11) is -3.78. The Morgan fingerprint density at radius 3 is 2.00 bits per heavy atom. The van der Waals surface area contributed by atoms with Gasteiger partial charge in [0.2, 0.25) is 15.9 Å². The second kappa shape index (κ2) is 12.7. The SMILES string of the molecule is CCc1ccc(CN(CC(=O)N2CCNCC2)S(=O)(=O)c2ccccc2)cc1.O=C(O)C(F)(F)F. The molecule has 192 valence electrons. The molecule has 0 unspecified atom stereocenters. The first-order valence-corrected chi connectivity index (χ1v) is 12.3. The third kappa shape index (κ3) is 8.64. The van der Waals surface area contributed by atoms with Crippen LogP contribution in [-0.2, 0) is 32.6 Å². The molecule has 3 rings (SSSR count). The Labute approximate surface area is 202 Å². The van der Waals surface area contributed by atoms with E-state index in [2.05, 4.69) is 12.2 Å². The zero-order valence-electron chi connectivity index (χ0n) is 19.2. The number of aryl methyl sites for hydroxylation is 1. The lowest BCUT2D eigenvalue weighted by atomic mass is 10.1. The Kier molecular flexibility index (Phi) is 10.2. The van der Waals surface area contributed by atoms with Crippen LogP contribution in [0.2, 0.25) is 0 Å². The molecule has 2 N–H and O–H groups in total. The van der Waals surface area contributed by atoms with Crippen LogP contribution in [0, 0.1) is 0 Å². The summed E-state index contributed by atoms with van der Waals surface area (Å²) in [6.45, 7) is 4.75. The number of carboxylic acids is 1. The third-order valence-corrected chi connectivity index (χ3v) is 7.00. The Hall–Kier alpha value is -2.96. The van der Waals surface area contributed by atoms with Crippen molar-refractivity contribution in [1.29, 1.82) is 0 Å². The third-order valence-electron chi connectivity index (χ3n) is 5.19. The van der Waals surface area contributed by atoms with Gasteiger partial charge in [-0.05, 0) is 29.7 Å². The number of nitrogens with one attached hydrogen (secondary N) is 1. The molecular weight excluding hydrogens is 487 g/mol. The van der Waals surface area contributed by atoms with Gasteiger partial charge in [0.05, 0.1) is 11.4 Å². The number of benzene rings is 2. The molecule has 2 aromatic carbocycles. The Morgan fingerprint density at radius 1 is 1.00 bits per heavy atom. The van der Waals surface area contributed by atoms with Crippen LogP contribution in [0.15, 0.2) is 59.5 Å². The number of amides is 1. The molecule has 0 aromatic heterocycles. The van der Waals surface area contributed by atoms with Crippen LogP contribution in [0.5, 0.6) is 0 Å². The van der Waals surface area contributed by atoms with Crippen molar-refractivity contribution in [3.8, 4) is 0 Å². The Bertz CT molecular complexity index is 1070. The summed E-state index contributed by atoms with van der Waals surface area (Å²) >= 11 is 0. The van der Waals surface area contributed by atoms with E-state index < -0.39 is 22.2 Å². The van der Waals surface area contributed by atoms with Crippen molar-refractivity contribution in [2.45, 2.75) is 31.0 Å². The minimum atomic E-state index is -5.08. The highest BCUT2D eigenvalue weighted by atomic mass is 32.2. The van der Waals surface area contributed by atoms with Gasteiger partial charge in [-0.2, -0.15) is 17.5 Å². The normalized spacial score (nSPS) is 14.3. The van der Waals surface area contributed by atoms with Crippen molar-refractivity contribution in [3.63, 3.8) is 0 Å². The molecule has 0 bridgehead atoms. The number of carboxylic acid groups (broad SMARTS) is 1. The monoisotopic (exact) mass is 515 g/mol. The van der Waals surface area contributed by atoms with Crippen molar-refractivity contribution in [2.24, 2.45) is 0 Å². The molecule has 1 heterocycles. The van der Waals surface area contributed by atoms with Crippen molar-refractivity contribution in [2.75, 3.05) is 32.7 Å². The lowest BCUT2D eigenvalue weighted by Gasteiger charge is -2.30. The van der Waals surface area contributed by atoms with Crippen LogP contribution in [0.25, 0.3) is 0 Å². The van der Waals surface area contributed by atoms with E-state index in [9.17, 15) is 26.4 Å². The maximum atomic E-state index is 13.2. The van der Waals surface area contributed by atoms with E-state index >= 15 is 0 Å². The summed E-state index contributed by atoms with van der Waals surface area (Å²) in [5, 5.41) is 10.3. The van der Waals surface area contributed by atoms with E-state index in [1.165, 1.54) is 9.87 Å². The summed E-state index contributed by atoms with van der Waals surface area (Å²) in [6, 6.07) is 16.2. The van der Waals surface area contributed by atoms with Crippen LogP contribution in [0.1, 0.15) is 18.1 Å². The van der Waals surface area contributed by atoms with Crippen LogP contribution < -0.4 is 5.32 Å². The largest absolute Gasteiger partial charge is 0.490 e. The van der Waals surface area contributed by atoms with Crippen molar-refractivity contribution in [1.82, 2.24) is 14.5 Å². The fourth-order valence-electron chi connectivity index (χ4n) is 3.22. The molecule has 0 atom stereocenters. The summed E-state index contributed by atoms with van der Waals surface area (Å²) in [5.41, 5.74) is 2.06. The highest BCUT2D eigenvalue weighted by Crippen LogP contribution is 2.19. The minimum Gasteiger partial charge on any atom is -0.475 e. The number of sulfonamides is 1. The van der Waals surface area contributed by atoms with Gasteiger partial charge in [-0.1, -0.05) is 49.4 Å². The van der Waals surface area contributed by atoms with Gasteiger partial charge in [0.1, 0.15) is 0 Å². The van der Waals surface area contributed by atoms with Gasteiger partial charge in [0, 0.05) is 32.7 Å². The van der Waals surface area contributed by atoms with Gasteiger partial charge in [-0.3, -0.25) is 4.79 Å². The molecule has 0 saturated carbocycles. The molecule has 0 spiro atoms. The Balaban J connectivity index is 0.000000540. The topological polar surface area (TPSA) is 107 Å². The number of alkyl halides is 3. The van der Waals surface area contributed by atoms with Crippen LogP contribution in [-0.4, -0.2) is 73.5 Å². The number of hydrogen-bond donors (Lipinski definition) is 2. The zero-order chi connectivity index (χ0) is 26.1. The maximum Gasteiger partial charge on any atom is 0.490 e. The molecular formula is C23H28F3N3O5S. The molecule has 1 fully saturated rings. The second-order valence-electron chi connectivity index (χ2n) is 7.69. The van der Waals surface area contributed by atoms with Gasteiger partial charge in [-0.25, -0.2) is 13.2 Å². The molecule has 1 saturated heterocycles. The highest BCUT2D eigenvalue weighted by molar-refractivity contribution is 7.89. The first-order valence-electron chi connectivity index (χ1n) is 10.9. The van der Waals surface area contributed by atoms with Crippen LogP contribution >= 0.6 is 0 Å². The molecule has 1 amide bonds. The van der Waals surface area contributed by atoms with Gasteiger partial charge in [0.15, 0.2) is 0 Å². The van der Waals surface area contributed by atoms with Crippen molar-refractivity contribution < 1.29 is 36.3 Å². The van der Waals surface area contributed by atoms with Crippen molar-refractivity contribution >= 4 is 21.9 Å². The van der Waals surface area contributed by atoms with Gasteiger partial charge >= 0.3 is 12.1 Å². The fourth-order valence-corrected chi connectivity index (χ4v) is 4.62. The summed E-state index contributed by atoms with van der Waals surface area (Å²) < 4.78 is 59.5. The first-order chi connectivity index (χ1) is 16.4. The van der Waals surface area contributed by atoms with Crippen LogP contribution in [0.4, 0.5) is 13.2 Å². The maximum absolute atomic E-state index is 13.2. The Morgan fingerprint density at radius 2 is 1.51 bits per heavy atom. The van der Waals surface area contributed by atoms with Gasteiger partial charge in [0.25, 0.3) is 0 Å². The van der Waals surface area contributed by atoms with Crippen LogP contribution in [0.3, 0.4) is 0 Å². The average Bonchev–Trinajstić information content (AvgIpc) is 2.85. The number of piperazine rings is 1. The van der Waals surface area contributed by atoms with E-state index in [1.54, 1.807) is 35.2 Å². The number of carbonyl (C=O) groups is 2. The number of halogens is 3. The number of rotatable bonds is 7. The number of aliphatic carboxylic acids is 1. The number of hydrogen-bond acceptors (Lipinski definition) is 5. The molecule has 1 aliphatic heterocycles. The molecule has 0 radical (unpaired) electrons. The van der Waals surface area contributed by atoms with Gasteiger partial charge < -0.3 is 15.3 Å². The quantitative estimate of drug-likeness (QED) is 0.587. The predicted molar refractivity (Wildman–Crippen MR) is 123 cm³/mol. The summed E-state index contributed by atoms with van der Waals surface area (Å²) in [6.07, 6.45) is -4.16. The molecule has 12 heteroatoms. The minimum absolute atomic E-state index is 0.160. The molecule has 1 aliphatic rings. The second-order valence-corrected chi connectivity index (χ2v) is 9.63. The number of carbonyl (C=O) groups excluding carboxylic acids is 1. The molecule has 35 heavy (non-hydrogen) atoms. The van der Waals surface area contributed by atoms with E-state index in [4.69, 9.17) is 9.90 Å². The van der Waals surface area contributed by atoms with Crippen molar-refractivity contribution in [3.05, 3.63) is 65.7 Å². The predicted octanol–water partition coefficient (Wildman–Crippen LogP) is 2.51. The molecule has 0 aliphatic carbocycles. The highest BCUT2D eigenvalue weighted by Gasteiger charge is 2.38. The fraction of sp³-hybridized carbons (Fsp3) is 0.391. The lowest BCUT2D eigenvalue weighted by Crippen LogP contribution is -2.50. The summed E-state index contributed by atoms with van der Waals surface area (Å²) in [4.78, 5) is 23.6. The molecule has 8 nitrogen and oxygen atoms in total. The first kappa shape index (κ1) is 28.3. The zero-order valence-corrected chi connectivity index (χ0v) is 20.0. The van der Waals surface area contributed by atoms with E-state index in [1.807, 2.05) is 24.3 Å². The standard InChI is InChI=1S/C21H27N3O3S.C2HF3O2/c1-2-18-8-10-19(11-9-18)16-24(17-21(25)23-14-12-22-13-15-23)28(26,27)20-6-4-3-5-7-20;3-2(4,5)1(6)7/h3-11,22H,2,12-17H2,1H3;(H,6,7). The van der Waals surface area contributed by atoms with E-state index in [0.717, 1.165) is 25.1 Å². The van der Waals surface area contributed by atoms with E-state index in [-0.39, 0.29) is 23.9 Å². The lowest BCUT2D eigenvalue weighted by molar-refractivity contribution is -0.192. The number of nitrogens with zero attached hydrogens (tertiary/aromatic N) is 2. The summed E-state index contributed by atoms with van der Waals surface area (Å²) in [5.74, 6) is -2.92. The molecule has 2 aromatic rings.